The van der Waals surface area contributed by atoms with Crippen molar-refractivity contribution in [2.75, 3.05) is 13.1 Å². The van der Waals surface area contributed by atoms with Crippen molar-refractivity contribution in [3.8, 4) is 23.8 Å². The van der Waals surface area contributed by atoms with E-state index in [0.29, 0.717) is 67.9 Å². The number of aliphatic carboxylic acids is 1. The first kappa shape index (κ1) is 32.5. The molecule has 1 saturated heterocycles. The van der Waals surface area contributed by atoms with E-state index in [1.165, 1.54) is 24.3 Å². The average molecular weight is 654 g/mol. The summed E-state index contributed by atoms with van der Waals surface area (Å²) in [4.78, 5) is 27.5. The van der Waals surface area contributed by atoms with Gasteiger partial charge in [0, 0.05) is 43.6 Å². The average Bonchev–Trinajstić information content (AvgIpc) is 3.75. The van der Waals surface area contributed by atoms with Crippen molar-refractivity contribution < 1.29 is 28.2 Å². The van der Waals surface area contributed by atoms with E-state index in [-0.39, 0.29) is 41.0 Å². The Morgan fingerprint density at radius 3 is 2.56 bits per heavy atom. The Bertz CT molecular complexity index is 1970. The Morgan fingerprint density at radius 2 is 1.88 bits per heavy atom. The third-order valence-electron chi connectivity index (χ3n) is 8.83. The summed E-state index contributed by atoms with van der Waals surface area (Å²) < 4.78 is 42.3. The van der Waals surface area contributed by atoms with Gasteiger partial charge in [0.15, 0.2) is 17.2 Å². The molecule has 2 fully saturated rings. The first-order chi connectivity index (χ1) is 23.1. The quantitative estimate of drug-likeness (QED) is 0.186. The van der Waals surface area contributed by atoms with E-state index in [4.69, 9.17) is 24.7 Å². The number of carboxylic acids is 1. The first-order valence-electron chi connectivity index (χ1n) is 15.7. The van der Waals surface area contributed by atoms with Crippen molar-refractivity contribution in [1.82, 2.24) is 24.4 Å². The zero-order valence-electron chi connectivity index (χ0n) is 26.3. The van der Waals surface area contributed by atoms with Crippen LogP contribution in [0.25, 0.3) is 16.7 Å². The van der Waals surface area contributed by atoms with Crippen LogP contribution in [0.2, 0.25) is 0 Å². The normalized spacial score (nSPS) is 16.3. The van der Waals surface area contributed by atoms with Crippen molar-refractivity contribution in [1.29, 1.82) is 10.5 Å². The summed E-state index contributed by atoms with van der Waals surface area (Å²) >= 11 is 0. The molecule has 4 aromatic rings. The van der Waals surface area contributed by atoms with Gasteiger partial charge in [0.25, 0.3) is 0 Å². The van der Waals surface area contributed by atoms with E-state index in [1.807, 2.05) is 12.1 Å². The van der Waals surface area contributed by atoms with Crippen LogP contribution in [0.1, 0.15) is 61.8 Å². The molecule has 0 bridgehead atoms. The lowest BCUT2D eigenvalue weighted by Crippen LogP contribution is -2.38. The molecule has 1 saturated carbocycles. The minimum absolute atomic E-state index is 0.0251. The molecule has 0 spiro atoms. The summed E-state index contributed by atoms with van der Waals surface area (Å²) in [5, 5.41) is 27.6. The number of fused-ring (bicyclic) bond motifs is 1. The molecule has 0 unspecified atom stereocenters. The van der Waals surface area contributed by atoms with Crippen LogP contribution in [-0.4, -0.2) is 54.7 Å². The summed E-state index contributed by atoms with van der Waals surface area (Å²) in [5.41, 5.74) is 2.51. The van der Waals surface area contributed by atoms with E-state index in [1.54, 1.807) is 13.0 Å². The third-order valence-corrected chi connectivity index (χ3v) is 8.83. The van der Waals surface area contributed by atoms with Crippen LogP contribution in [0.5, 0.6) is 11.6 Å². The minimum Gasteiger partial charge on any atom is -0.484 e. The Balaban J connectivity index is 1.11. The number of rotatable bonds is 12. The lowest BCUT2D eigenvalue weighted by molar-refractivity contribution is -0.131. The molecular formula is C35H33F2N7O4. The van der Waals surface area contributed by atoms with Gasteiger partial charge in [-0.15, -0.1) is 0 Å². The number of hydrogen-bond donors (Lipinski definition) is 1. The largest absolute Gasteiger partial charge is 0.484 e. The zero-order valence-corrected chi connectivity index (χ0v) is 26.3. The summed E-state index contributed by atoms with van der Waals surface area (Å²) in [6.45, 7) is 4.00. The second-order valence-electron chi connectivity index (χ2n) is 12.4. The third kappa shape index (κ3) is 7.42. The van der Waals surface area contributed by atoms with Crippen molar-refractivity contribution in [3.05, 3.63) is 83.0 Å². The van der Waals surface area contributed by atoms with E-state index in [0.717, 1.165) is 30.8 Å². The van der Waals surface area contributed by atoms with Gasteiger partial charge in [-0.25, -0.2) is 28.5 Å². The lowest BCUT2D eigenvalue weighted by atomic mass is 10.0. The highest BCUT2D eigenvalue weighted by molar-refractivity contribution is 5.89. The van der Waals surface area contributed by atoms with Gasteiger partial charge in [0.1, 0.15) is 35.6 Å². The smallest absolute Gasteiger partial charge is 0.328 e. The highest BCUT2D eigenvalue weighted by Crippen LogP contribution is 2.50. The molecule has 13 heteroatoms. The molecule has 1 aliphatic heterocycles. The number of nitrogens with zero attached hydrogens (tertiary/aromatic N) is 7. The van der Waals surface area contributed by atoms with Crippen molar-refractivity contribution >= 4 is 22.7 Å². The molecule has 246 valence electrons. The number of likely N-dealkylation sites (tertiary alicyclic amines) is 1. The van der Waals surface area contributed by atoms with Gasteiger partial charge >= 0.3 is 5.97 Å². The van der Waals surface area contributed by atoms with Gasteiger partial charge in [0.2, 0.25) is 5.88 Å². The number of benzene rings is 1. The number of nitriles is 2. The maximum atomic E-state index is 14.5. The van der Waals surface area contributed by atoms with Crippen molar-refractivity contribution in [3.63, 3.8) is 0 Å². The Morgan fingerprint density at radius 1 is 1.08 bits per heavy atom. The molecule has 1 aromatic carbocycles. The maximum absolute atomic E-state index is 14.5. The number of piperidine rings is 1. The van der Waals surface area contributed by atoms with Gasteiger partial charge < -0.3 is 19.1 Å². The zero-order chi connectivity index (χ0) is 33.8. The number of imidazole rings is 1. The second kappa shape index (κ2) is 13.8. The minimum atomic E-state index is -1.04. The van der Waals surface area contributed by atoms with Gasteiger partial charge in [-0.2, -0.15) is 10.5 Å². The van der Waals surface area contributed by atoms with Crippen LogP contribution in [-0.2, 0) is 24.5 Å². The summed E-state index contributed by atoms with van der Waals surface area (Å²) in [6, 6.07) is 14.3. The van der Waals surface area contributed by atoms with Crippen LogP contribution in [0.15, 0.2) is 48.5 Å². The second-order valence-corrected chi connectivity index (χ2v) is 12.4. The van der Waals surface area contributed by atoms with Gasteiger partial charge in [-0.1, -0.05) is 0 Å². The molecule has 0 atom stereocenters. The standard InChI is InChI=1S/C35H33F2N7O4/c1-22(16-33(45)46)27-4-5-28-34(42-27)44(21-35(10-11-35)12-13-38)31(40-28)19-43-14-8-24(9-15-43)48-32-7-3-25(36)29(41-32)20-47-30-6-2-23(18-39)17-26(30)37/h2-7,16-17,24H,8-12,14-15,19-21H2,1H3,(H,45,46)/b22-16+. The lowest BCUT2D eigenvalue weighted by Gasteiger charge is -2.32. The first-order valence-corrected chi connectivity index (χ1v) is 15.7. The van der Waals surface area contributed by atoms with Crippen molar-refractivity contribution in [2.45, 2.75) is 64.8 Å². The molecule has 3 aromatic heterocycles. The highest BCUT2D eigenvalue weighted by atomic mass is 19.1. The molecule has 0 radical (unpaired) electrons. The van der Waals surface area contributed by atoms with Gasteiger partial charge in [-0.05, 0) is 74.6 Å². The van der Waals surface area contributed by atoms with Gasteiger partial charge in [0.05, 0.1) is 29.9 Å². The fourth-order valence-corrected chi connectivity index (χ4v) is 5.91. The van der Waals surface area contributed by atoms with Crippen LogP contribution in [0.3, 0.4) is 0 Å². The summed E-state index contributed by atoms with van der Waals surface area (Å²) in [5.74, 6) is -1.39. The maximum Gasteiger partial charge on any atom is 0.328 e. The molecule has 6 rings (SSSR count). The predicted molar refractivity (Wildman–Crippen MR) is 169 cm³/mol. The van der Waals surface area contributed by atoms with E-state index < -0.39 is 17.6 Å². The Kier molecular flexibility index (Phi) is 9.33. The topological polar surface area (TPSA) is 150 Å². The van der Waals surface area contributed by atoms with Crippen LogP contribution in [0, 0.1) is 39.7 Å². The van der Waals surface area contributed by atoms with E-state index >= 15 is 0 Å². The molecule has 0 amide bonds. The molecule has 1 aliphatic carbocycles. The molecular weight excluding hydrogens is 620 g/mol. The monoisotopic (exact) mass is 653 g/mol. The van der Waals surface area contributed by atoms with Crippen LogP contribution in [0.4, 0.5) is 8.78 Å². The number of ether oxygens (including phenoxy) is 2. The van der Waals surface area contributed by atoms with Crippen molar-refractivity contribution in [2.24, 2.45) is 5.41 Å². The number of allylic oxidation sites excluding steroid dienone is 1. The van der Waals surface area contributed by atoms with Crippen LogP contribution < -0.4 is 9.47 Å². The number of carboxylic acid groups (broad SMARTS) is 1. The fraction of sp³-hybridized carbons (Fsp3) is 0.371. The number of pyridine rings is 2. The fourth-order valence-electron chi connectivity index (χ4n) is 5.91. The molecule has 2 aliphatic rings. The van der Waals surface area contributed by atoms with E-state index in [9.17, 15) is 23.9 Å². The number of hydrogen-bond acceptors (Lipinski definition) is 9. The molecule has 1 N–H and O–H groups in total. The number of aromatic nitrogens is 4. The summed E-state index contributed by atoms with van der Waals surface area (Å²) in [7, 11) is 0. The molecule has 48 heavy (non-hydrogen) atoms. The number of halogens is 2. The van der Waals surface area contributed by atoms with Gasteiger partial charge in [-0.3, -0.25) is 4.90 Å². The molecule has 4 heterocycles. The highest BCUT2D eigenvalue weighted by Gasteiger charge is 2.43. The Labute approximate surface area is 275 Å². The summed E-state index contributed by atoms with van der Waals surface area (Å²) in [6.07, 6.45) is 4.73. The predicted octanol–water partition coefficient (Wildman–Crippen LogP) is 5.78. The SMILES string of the molecule is C/C(=C\C(=O)O)c1ccc2nc(CN3CCC(Oc4ccc(F)c(COc5ccc(C#N)cc5F)n4)CC3)n(CC3(CC#N)CC3)c2n1. The number of carbonyl (C=O) groups is 1. The van der Waals surface area contributed by atoms with E-state index in [2.05, 4.69) is 20.5 Å². The van der Waals surface area contributed by atoms with Crippen LogP contribution >= 0.6 is 0 Å². The molecule has 11 nitrogen and oxygen atoms in total. The Hall–Kier alpha value is -5.40.